The van der Waals surface area contributed by atoms with E-state index in [4.69, 9.17) is 14.2 Å². The molecule has 8 heteroatoms. The molecule has 132 valence electrons. The summed E-state index contributed by atoms with van der Waals surface area (Å²) in [5.41, 5.74) is 1.19. The lowest BCUT2D eigenvalue weighted by atomic mass is 10.2. The van der Waals surface area contributed by atoms with Crippen LogP contribution in [0.5, 0.6) is 11.5 Å². The number of aromatic nitrogens is 1. The van der Waals surface area contributed by atoms with Crippen LogP contribution in [0.3, 0.4) is 0 Å². The van der Waals surface area contributed by atoms with Gasteiger partial charge in [-0.2, -0.15) is 0 Å². The van der Waals surface area contributed by atoms with E-state index in [0.717, 1.165) is 5.01 Å². The molecule has 0 spiro atoms. The molecular weight excluding hydrogens is 344 g/mol. The van der Waals surface area contributed by atoms with Gasteiger partial charge in [-0.05, 0) is 26.0 Å². The van der Waals surface area contributed by atoms with Gasteiger partial charge in [0.1, 0.15) is 13.2 Å². The lowest BCUT2D eigenvalue weighted by molar-refractivity contribution is -0.152. The number of benzene rings is 1. The highest BCUT2D eigenvalue weighted by Gasteiger charge is 2.20. The van der Waals surface area contributed by atoms with Gasteiger partial charge < -0.3 is 19.5 Å². The van der Waals surface area contributed by atoms with Gasteiger partial charge in [0.15, 0.2) is 17.6 Å². The molecule has 0 saturated carbocycles. The number of ether oxygens (including phenoxy) is 3. The summed E-state index contributed by atoms with van der Waals surface area (Å²) < 4.78 is 16.1. The van der Waals surface area contributed by atoms with Crippen molar-refractivity contribution in [2.75, 3.05) is 18.5 Å². The molecule has 2 heterocycles. The molecule has 1 aromatic heterocycles. The molecule has 0 saturated heterocycles. The van der Waals surface area contributed by atoms with Crippen molar-refractivity contribution >= 4 is 28.9 Å². The number of nitrogens with zero attached hydrogens (tertiary/aromatic N) is 1. The van der Waals surface area contributed by atoms with Crippen molar-refractivity contribution in [2.45, 2.75) is 26.4 Å². The number of carbonyl (C=O) groups excluding carboxylic acids is 2. The maximum absolute atomic E-state index is 12.2. The van der Waals surface area contributed by atoms with Gasteiger partial charge in [-0.3, -0.25) is 9.59 Å². The van der Waals surface area contributed by atoms with Crippen molar-refractivity contribution in [1.29, 1.82) is 0 Å². The van der Waals surface area contributed by atoms with E-state index >= 15 is 0 Å². The lowest BCUT2D eigenvalue weighted by Crippen LogP contribution is -2.30. The molecule has 0 bridgehead atoms. The van der Waals surface area contributed by atoms with Crippen LogP contribution in [0.2, 0.25) is 0 Å². The van der Waals surface area contributed by atoms with Crippen LogP contribution >= 0.6 is 11.3 Å². The standard InChI is InChI=1S/C17H18N2O5S/c1-10(24-16(20)8-13-9-25-11(2)18-13)17(21)19-12-3-4-14-15(7-12)23-6-5-22-14/h3-4,7,9-10H,5-6,8H2,1-2H3,(H,19,21). The van der Waals surface area contributed by atoms with Crippen molar-refractivity contribution in [3.05, 3.63) is 34.3 Å². The molecule has 1 amide bonds. The maximum atomic E-state index is 12.2. The summed E-state index contributed by atoms with van der Waals surface area (Å²) in [6.45, 7) is 4.36. The molecule has 1 unspecified atom stereocenters. The van der Waals surface area contributed by atoms with E-state index in [2.05, 4.69) is 10.3 Å². The molecule has 1 atom stereocenters. The first-order valence-electron chi connectivity index (χ1n) is 7.82. The molecule has 2 aromatic rings. The topological polar surface area (TPSA) is 86.8 Å². The third-order valence-electron chi connectivity index (χ3n) is 3.48. The average molecular weight is 362 g/mol. The fourth-order valence-corrected chi connectivity index (χ4v) is 2.91. The number of rotatable bonds is 5. The highest BCUT2D eigenvalue weighted by Crippen LogP contribution is 2.32. The predicted molar refractivity (Wildman–Crippen MR) is 92.2 cm³/mol. The molecule has 1 aliphatic rings. The van der Waals surface area contributed by atoms with Crippen molar-refractivity contribution in [1.82, 2.24) is 4.98 Å². The SMILES string of the molecule is Cc1nc(CC(=O)OC(C)C(=O)Nc2ccc3c(c2)OCCO3)cs1. The molecule has 3 rings (SSSR count). The molecular formula is C17H18N2O5S. The van der Waals surface area contributed by atoms with Crippen molar-refractivity contribution in [3.63, 3.8) is 0 Å². The van der Waals surface area contributed by atoms with E-state index in [-0.39, 0.29) is 6.42 Å². The Kier molecular flexibility index (Phi) is 5.18. The minimum atomic E-state index is -0.916. The quantitative estimate of drug-likeness (QED) is 0.822. The van der Waals surface area contributed by atoms with Crippen LogP contribution in [-0.2, 0) is 20.7 Å². The van der Waals surface area contributed by atoms with Crippen LogP contribution in [0.25, 0.3) is 0 Å². The van der Waals surface area contributed by atoms with Crippen molar-refractivity contribution in [3.8, 4) is 11.5 Å². The number of fused-ring (bicyclic) bond motifs is 1. The second kappa shape index (κ2) is 7.52. The monoisotopic (exact) mass is 362 g/mol. The zero-order valence-electron chi connectivity index (χ0n) is 13.9. The van der Waals surface area contributed by atoms with Gasteiger partial charge in [0.2, 0.25) is 0 Å². The van der Waals surface area contributed by atoms with Crippen molar-refractivity contribution in [2.24, 2.45) is 0 Å². The average Bonchev–Trinajstić information content (AvgIpc) is 2.99. The smallest absolute Gasteiger partial charge is 0.312 e. The Balaban J connectivity index is 1.54. The summed E-state index contributed by atoms with van der Waals surface area (Å²) >= 11 is 1.46. The zero-order valence-corrected chi connectivity index (χ0v) is 14.7. The van der Waals surface area contributed by atoms with Gasteiger partial charge in [-0.15, -0.1) is 11.3 Å². The molecule has 0 fully saturated rings. The number of hydrogen-bond acceptors (Lipinski definition) is 7. The van der Waals surface area contributed by atoms with E-state index in [1.165, 1.54) is 18.3 Å². The molecule has 0 aliphatic carbocycles. The Hall–Kier alpha value is -2.61. The molecule has 1 aromatic carbocycles. The largest absolute Gasteiger partial charge is 0.486 e. The number of hydrogen-bond donors (Lipinski definition) is 1. The summed E-state index contributed by atoms with van der Waals surface area (Å²) in [5, 5.41) is 5.38. The highest BCUT2D eigenvalue weighted by atomic mass is 32.1. The Morgan fingerprint density at radius 2 is 2.08 bits per heavy atom. The molecule has 25 heavy (non-hydrogen) atoms. The van der Waals surface area contributed by atoms with Crippen LogP contribution in [0.4, 0.5) is 5.69 Å². The summed E-state index contributed by atoms with van der Waals surface area (Å²) in [6.07, 6.45) is -0.869. The minimum Gasteiger partial charge on any atom is -0.486 e. The van der Waals surface area contributed by atoms with Gasteiger partial charge in [0.05, 0.1) is 17.1 Å². The van der Waals surface area contributed by atoms with Crippen LogP contribution in [0, 0.1) is 6.92 Å². The van der Waals surface area contributed by atoms with Crippen LogP contribution in [-0.4, -0.2) is 36.2 Å². The summed E-state index contributed by atoms with van der Waals surface area (Å²) in [4.78, 5) is 28.3. The number of esters is 1. The number of thiazole rings is 1. The highest BCUT2D eigenvalue weighted by molar-refractivity contribution is 7.09. The second-order valence-corrected chi connectivity index (χ2v) is 6.58. The third kappa shape index (κ3) is 4.48. The number of aryl methyl sites for hydroxylation is 1. The normalized spacial score (nSPS) is 13.8. The van der Waals surface area contributed by atoms with E-state index in [9.17, 15) is 9.59 Å². The molecule has 1 N–H and O–H groups in total. The maximum Gasteiger partial charge on any atom is 0.312 e. The Morgan fingerprint density at radius 1 is 1.32 bits per heavy atom. The fraction of sp³-hybridized carbons (Fsp3) is 0.353. The lowest BCUT2D eigenvalue weighted by Gasteiger charge is -2.19. The molecule has 0 radical (unpaired) electrons. The van der Waals surface area contributed by atoms with Crippen LogP contribution in [0.15, 0.2) is 23.6 Å². The summed E-state index contributed by atoms with van der Waals surface area (Å²) in [6, 6.07) is 5.11. The molecule has 7 nitrogen and oxygen atoms in total. The van der Waals surface area contributed by atoms with Gasteiger partial charge in [0.25, 0.3) is 5.91 Å². The zero-order chi connectivity index (χ0) is 17.8. The van der Waals surface area contributed by atoms with Crippen molar-refractivity contribution < 1.29 is 23.8 Å². The van der Waals surface area contributed by atoms with Crippen LogP contribution in [0.1, 0.15) is 17.6 Å². The minimum absolute atomic E-state index is 0.0476. The van der Waals surface area contributed by atoms with Gasteiger partial charge in [0, 0.05) is 17.1 Å². The number of amides is 1. The van der Waals surface area contributed by atoms with E-state index < -0.39 is 18.0 Å². The van der Waals surface area contributed by atoms with E-state index in [1.807, 2.05) is 6.92 Å². The predicted octanol–water partition coefficient (Wildman–Crippen LogP) is 2.34. The first-order valence-corrected chi connectivity index (χ1v) is 8.70. The Morgan fingerprint density at radius 3 is 2.80 bits per heavy atom. The summed E-state index contributed by atoms with van der Waals surface area (Å²) in [5.74, 6) is 0.310. The third-order valence-corrected chi connectivity index (χ3v) is 4.30. The molecule has 1 aliphatic heterocycles. The van der Waals surface area contributed by atoms with Gasteiger partial charge in [-0.1, -0.05) is 0 Å². The van der Waals surface area contributed by atoms with E-state index in [1.54, 1.807) is 23.6 Å². The number of carbonyl (C=O) groups is 2. The Labute approximate surface area is 148 Å². The fourth-order valence-electron chi connectivity index (χ4n) is 2.29. The second-order valence-electron chi connectivity index (χ2n) is 5.51. The number of nitrogens with one attached hydrogen (secondary N) is 1. The first-order chi connectivity index (χ1) is 12.0. The van der Waals surface area contributed by atoms with E-state index in [0.29, 0.717) is 36.1 Å². The Bertz CT molecular complexity index is 789. The van der Waals surface area contributed by atoms with Gasteiger partial charge >= 0.3 is 5.97 Å². The summed E-state index contributed by atoms with van der Waals surface area (Å²) in [7, 11) is 0. The van der Waals surface area contributed by atoms with Crippen LogP contribution < -0.4 is 14.8 Å². The first kappa shape index (κ1) is 17.2. The number of anilines is 1. The van der Waals surface area contributed by atoms with Gasteiger partial charge in [-0.25, -0.2) is 4.98 Å².